The lowest BCUT2D eigenvalue weighted by Crippen LogP contribution is -2.04. The van der Waals surface area contributed by atoms with Gasteiger partial charge in [0.1, 0.15) is 16.0 Å². The Labute approximate surface area is 114 Å². The molecule has 2 N–H and O–H groups in total. The summed E-state index contributed by atoms with van der Waals surface area (Å²) in [6.45, 7) is 0.612. The smallest absolute Gasteiger partial charge is 0.136 e. The lowest BCUT2D eigenvalue weighted by molar-refractivity contribution is 0.311. The summed E-state index contributed by atoms with van der Waals surface area (Å²) >= 11 is 1.37. The Balaban J connectivity index is 1.99. The number of rotatable bonds is 4. The predicted molar refractivity (Wildman–Crippen MR) is 78.4 cm³/mol. The number of benzene rings is 1. The van der Waals surface area contributed by atoms with Crippen molar-refractivity contribution in [3.63, 3.8) is 0 Å². The molecule has 0 aliphatic heterocycles. The van der Waals surface area contributed by atoms with Crippen molar-refractivity contribution in [3.05, 3.63) is 42.6 Å². The predicted octanol–water partition coefficient (Wildman–Crippen LogP) is 2.76. The summed E-state index contributed by atoms with van der Waals surface area (Å²) in [4.78, 5) is 4.47. The van der Waals surface area contributed by atoms with Crippen LogP contribution in [0.2, 0.25) is 0 Å². The molecule has 5 heteroatoms. The van der Waals surface area contributed by atoms with Crippen LogP contribution in [-0.4, -0.2) is 27.6 Å². The molecule has 2 heterocycles. The van der Waals surface area contributed by atoms with E-state index in [0.29, 0.717) is 6.54 Å². The number of aromatic nitrogens is 2. The van der Waals surface area contributed by atoms with Crippen LogP contribution >= 0.6 is 11.5 Å². The first-order valence-electron chi connectivity index (χ1n) is 6.04. The quantitative estimate of drug-likeness (QED) is 0.766. The van der Waals surface area contributed by atoms with E-state index in [4.69, 9.17) is 5.11 Å². The molecule has 2 aromatic heterocycles. The van der Waals surface area contributed by atoms with Crippen molar-refractivity contribution in [2.75, 3.05) is 18.5 Å². The van der Waals surface area contributed by atoms with Crippen molar-refractivity contribution < 1.29 is 5.11 Å². The van der Waals surface area contributed by atoms with Crippen molar-refractivity contribution in [1.29, 1.82) is 0 Å². The zero-order valence-electron chi connectivity index (χ0n) is 10.2. The highest BCUT2D eigenvalue weighted by atomic mass is 32.1. The average Bonchev–Trinajstić information content (AvgIpc) is 2.88. The maximum Gasteiger partial charge on any atom is 0.136 e. The number of fused-ring (bicyclic) bond motifs is 1. The molecule has 0 unspecified atom stereocenters. The van der Waals surface area contributed by atoms with Gasteiger partial charge in [-0.15, -0.1) is 0 Å². The van der Waals surface area contributed by atoms with Crippen molar-refractivity contribution in [3.8, 4) is 11.1 Å². The minimum atomic E-state index is 0.0987. The van der Waals surface area contributed by atoms with Crippen LogP contribution in [0.3, 0.4) is 0 Å². The maximum absolute atomic E-state index is 8.83. The average molecular weight is 271 g/mol. The van der Waals surface area contributed by atoms with Gasteiger partial charge in [-0.3, -0.25) is 4.98 Å². The molecule has 0 fully saturated rings. The second kappa shape index (κ2) is 5.34. The summed E-state index contributed by atoms with van der Waals surface area (Å²) in [5.41, 5.74) is 3.94. The van der Waals surface area contributed by atoms with Crippen LogP contribution in [0.1, 0.15) is 0 Å². The monoisotopic (exact) mass is 271 g/mol. The van der Waals surface area contributed by atoms with Gasteiger partial charge in [-0.25, -0.2) is 0 Å². The van der Waals surface area contributed by atoms with E-state index in [0.717, 1.165) is 27.2 Å². The third-order valence-corrected chi connectivity index (χ3v) is 3.63. The Morgan fingerprint density at radius 3 is 2.79 bits per heavy atom. The highest BCUT2D eigenvalue weighted by Gasteiger charge is 2.08. The van der Waals surface area contributed by atoms with E-state index in [1.807, 2.05) is 30.5 Å². The number of nitrogens with zero attached hydrogens (tertiary/aromatic N) is 2. The Hall–Kier alpha value is -1.98. The van der Waals surface area contributed by atoms with Gasteiger partial charge in [-0.1, -0.05) is 30.3 Å². The van der Waals surface area contributed by atoms with E-state index in [1.54, 1.807) is 0 Å². The number of aliphatic hydroxyl groups is 1. The van der Waals surface area contributed by atoms with Crippen LogP contribution in [0, 0.1) is 0 Å². The second-order valence-corrected chi connectivity index (χ2v) is 4.89. The zero-order valence-corrected chi connectivity index (χ0v) is 11.0. The summed E-state index contributed by atoms with van der Waals surface area (Å²) < 4.78 is 4.39. The van der Waals surface area contributed by atoms with Crippen molar-refractivity contribution in [2.24, 2.45) is 0 Å². The van der Waals surface area contributed by atoms with Crippen molar-refractivity contribution in [2.45, 2.75) is 0 Å². The minimum Gasteiger partial charge on any atom is -0.395 e. The molecule has 4 nitrogen and oxygen atoms in total. The number of hydrogen-bond acceptors (Lipinski definition) is 5. The highest BCUT2D eigenvalue weighted by molar-refractivity contribution is 7.11. The number of hydrogen-bond donors (Lipinski definition) is 2. The standard InChI is InChI=1S/C14H13N3OS/c18-7-6-15-14-13-12(17-19-14)8-11(9-16-13)10-4-2-1-3-5-10/h1-5,8-9,15,18H,6-7H2. The first kappa shape index (κ1) is 12.1. The lowest BCUT2D eigenvalue weighted by atomic mass is 10.1. The molecule has 19 heavy (non-hydrogen) atoms. The van der Waals surface area contributed by atoms with Crippen LogP contribution in [0.15, 0.2) is 42.6 Å². The van der Waals surface area contributed by atoms with Gasteiger partial charge in [0.25, 0.3) is 0 Å². The van der Waals surface area contributed by atoms with Crippen LogP contribution in [0.4, 0.5) is 5.00 Å². The van der Waals surface area contributed by atoms with Gasteiger partial charge >= 0.3 is 0 Å². The number of aliphatic hydroxyl groups excluding tert-OH is 1. The fraction of sp³-hybridized carbons (Fsp3) is 0.143. The van der Waals surface area contributed by atoms with E-state index < -0.39 is 0 Å². The first-order valence-corrected chi connectivity index (χ1v) is 6.81. The largest absolute Gasteiger partial charge is 0.395 e. The third-order valence-electron chi connectivity index (χ3n) is 2.82. The molecular formula is C14H13N3OS. The third kappa shape index (κ3) is 2.43. The maximum atomic E-state index is 8.83. The Morgan fingerprint density at radius 1 is 1.16 bits per heavy atom. The normalized spacial score (nSPS) is 10.8. The zero-order chi connectivity index (χ0) is 13.1. The summed E-state index contributed by atoms with van der Waals surface area (Å²) in [7, 11) is 0. The molecule has 0 aliphatic rings. The molecular weight excluding hydrogens is 258 g/mol. The van der Waals surface area contributed by atoms with Crippen LogP contribution < -0.4 is 5.32 Å². The Bertz CT molecular complexity index is 681. The Kier molecular flexibility index (Phi) is 3.39. The van der Waals surface area contributed by atoms with Gasteiger partial charge in [-0.05, 0) is 23.2 Å². The molecule has 96 valence electrons. The molecule has 0 spiro atoms. The van der Waals surface area contributed by atoms with E-state index >= 15 is 0 Å². The van der Waals surface area contributed by atoms with Crippen molar-refractivity contribution in [1.82, 2.24) is 9.36 Å². The summed E-state index contributed by atoms with van der Waals surface area (Å²) in [6.07, 6.45) is 1.86. The van der Waals surface area contributed by atoms with Gasteiger partial charge in [0.2, 0.25) is 0 Å². The number of pyridine rings is 1. The number of anilines is 1. The number of nitrogens with one attached hydrogen (secondary N) is 1. The minimum absolute atomic E-state index is 0.0987. The molecule has 0 aliphatic carbocycles. The van der Waals surface area contributed by atoms with Crippen LogP contribution in [0.5, 0.6) is 0 Å². The molecule has 0 saturated heterocycles. The Morgan fingerprint density at radius 2 is 2.00 bits per heavy atom. The van der Waals surface area contributed by atoms with Gasteiger partial charge in [0.15, 0.2) is 0 Å². The molecule has 1 aromatic carbocycles. The van der Waals surface area contributed by atoms with Gasteiger partial charge in [0, 0.05) is 18.3 Å². The van der Waals surface area contributed by atoms with E-state index in [-0.39, 0.29) is 6.61 Å². The summed E-state index contributed by atoms with van der Waals surface area (Å²) in [5, 5.41) is 12.9. The van der Waals surface area contributed by atoms with Crippen molar-refractivity contribution >= 4 is 27.6 Å². The highest BCUT2D eigenvalue weighted by Crippen LogP contribution is 2.29. The second-order valence-electron chi connectivity index (χ2n) is 4.12. The summed E-state index contributed by atoms with van der Waals surface area (Å²) in [5.74, 6) is 0. The molecule has 0 bridgehead atoms. The molecule has 0 amide bonds. The SMILES string of the molecule is OCCNc1snc2cc(-c3ccccc3)cnc12. The molecule has 3 aromatic rings. The molecule has 3 rings (SSSR count). The van der Waals surface area contributed by atoms with Gasteiger partial charge in [0.05, 0.1) is 6.61 Å². The summed E-state index contributed by atoms with van der Waals surface area (Å²) in [6, 6.07) is 12.2. The topological polar surface area (TPSA) is 58.0 Å². The lowest BCUT2D eigenvalue weighted by Gasteiger charge is -2.02. The van der Waals surface area contributed by atoms with E-state index in [2.05, 4.69) is 26.8 Å². The van der Waals surface area contributed by atoms with Crippen LogP contribution in [0.25, 0.3) is 22.2 Å². The van der Waals surface area contributed by atoms with Crippen LogP contribution in [-0.2, 0) is 0 Å². The fourth-order valence-electron chi connectivity index (χ4n) is 1.91. The van der Waals surface area contributed by atoms with Gasteiger partial charge < -0.3 is 10.4 Å². The first-order chi connectivity index (χ1) is 9.38. The molecule has 0 radical (unpaired) electrons. The molecule has 0 saturated carbocycles. The van der Waals surface area contributed by atoms with E-state index in [1.165, 1.54) is 11.5 Å². The molecule has 0 atom stereocenters. The van der Waals surface area contributed by atoms with Gasteiger partial charge in [-0.2, -0.15) is 4.37 Å². The fourth-order valence-corrected chi connectivity index (χ4v) is 2.65. The van der Waals surface area contributed by atoms with E-state index in [9.17, 15) is 0 Å².